The Hall–Kier alpha value is 0.505. The Kier molecular flexibility index (Phi) is 4.58. The fourth-order valence-electron chi connectivity index (χ4n) is 0.372. The van der Waals surface area contributed by atoms with Gasteiger partial charge in [0.2, 0.25) is 0 Å². The Labute approximate surface area is 102 Å². The minimum atomic E-state index is 0. The molecule has 0 atom stereocenters. The number of nitrogens with zero attached hydrogens (tertiary/aromatic N) is 2. The molecule has 1 rings (SSSR count). The van der Waals surface area contributed by atoms with Gasteiger partial charge in [0.1, 0.15) is 0 Å². The normalized spacial score (nSPS) is 7.56. The van der Waals surface area contributed by atoms with Crippen LogP contribution in [0.3, 0.4) is 0 Å². The molecule has 40 valence electrons. The van der Waals surface area contributed by atoms with E-state index in [1.54, 1.807) is 13.0 Å². The second kappa shape index (κ2) is 4.34. The predicted molar refractivity (Wildman–Crippen MR) is 24.8 cm³/mol. The Bertz CT molecular complexity index is 225. The molecule has 1 aromatic heterocycles. The molecule has 0 unspecified atom stereocenters. The molecule has 0 aliphatic rings. The third-order valence-electron chi connectivity index (χ3n) is 0.670. The summed E-state index contributed by atoms with van der Waals surface area (Å²) >= 11 is 0. The van der Waals surface area contributed by atoms with Gasteiger partial charge in [-0.15, -0.1) is 5.16 Å². The zero-order valence-electron chi connectivity index (χ0n) is 5.30. The van der Waals surface area contributed by atoms with Crippen molar-refractivity contribution in [3.8, 4) is 6.07 Å². The van der Waals surface area contributed by atoms with Crippen LogP contribution in [0, 0.1) is 24.3 Å². The number of rotatable bonds is 0. The fourth-order valence-corrected chi connectivity index (χ4v) is 0.372. The van der Waals surface area contributed by atoms with Gasteiger partial charge in [-0.2, -0.15) is 6.07 Å². The van der Waals surface area contributed by atoms with Gasteiger partial charge in [0.25, 0.3) is 0 Å². The summed E-state index contributed by atoms with van der Waals surface area (Å²) in [6.07, 6.45) is 0. The van der Waals surface area contributed by atoms with Crippen LogP contribution in [0.4, 0.5) is 0 Å². The van der Waals surface area contributed by atoms with E-state index in [1.807, 2.05) is 0 Å². The average molecular weight is 193 g/mol. The minimum Gasteiger partial charge on any atom is -0.389 e. The molecule has 0 saturated heterocycles. The van der Waals surface area contributed by atoms with Crippen LogP contribution in [0.2, 0.25) is 0 Å². The number of hydrogen-bond acceptors (Lipinski definition) is 3. The van der Waals surface area contributed by atoms with Crippen molar-refractivity contribution in [2.75, 3.05) is 0 Å². The van der Waals surface area contributed by atoms with Gasteiger partial charge in [-0.25, -0.2) is 0 Å². The molecule has 0 N–H and O–H groups in total. The summed E-state index contributed by atoms with van der Waals surface area (Å²) < 4.78 is 4.45. The molecular formula is C5H3N2ORb. The summed E-state index contributed by atoms with van der Waals surface area (Å²) in [5.41, 5.74) is 0.613. The maximum atomic E-state index is 8.14. The van der Waals surface area contributed by atoms with Gasteiger partial charge in [0.15, 0.2) is 0 Å². The van der Waals surface area contributed by atoms with Crippen molar-refractivity contribution in [2.24, 2.45) is 0 Å². The molecule has 0 aromatic carbocycles. The molecule has 0 bridgehead atoms. The Morgan fingerprint density at radius 2 is 2.44 bits per heavy atom. The molecule has 1 heterocycles. The molecule has 0 aliphatic carbocycles. The third-order valence-corrected chi connectivity index (χ3v) is 0.670. The van der Waals surface area contributed by atoms with Gasteiger partial charge >= 0.3 is 58.2 Å². The zero-order valence-corrected chi connectivity index (χ0v) is 10.2. The van der Waals surface area contributed by atoms with E-state index in [1.165, 1.54) is 0 Å². The second-order valence-corrected chi connectivity index (χ2v) is 1.33. The van der Waals surface area contributed by atoms with Crippen LogP contribution in [-0.4, -0.2) is 5.16 Å². The van der Waals surface area contributed by atoms with Gasteiger partial charge in [-0.1, -0.05) is 6.07 Å². The van der Waals surface area contributed by atoms with E-state index in [0.29, 0.717) is 5.69 Å². The maximum Gasteiger partial charge on any atom is 1.00 e. The van der Waals surface area contributed by atoms with Crippen molar-refractivity contribution in [1.82, 2.24) is 5.16 Å². The molecular weight excluding hydrogens is 190 g/mol. The van der Waals surface area contributed by atoms with E-state index >= 15 is 0 Å². The van der Waals surface area contributed by atoms with Crippen LogP contribution in [0.25, 0.3) is 0 Å². The second-order valence-electron chi connectivity index (χ2n) is 1.33. The largest absolute Gasteiger partial charge is 1.00 e. The SMILES string of the molecule is Cc1[c-]c(C#N)on1.[Rb+]. The first-order chi connectivity index (χ1) is 3.83. The molecule has 3 nitrogen and oxygen atoms in total. The molecule has 0 fully saturated rings. The van der Waals surface area contributed by atoms with E-state index in [4.69, 9.17) is 5.26 Å². The maximum absolute atomic E-state index is 8.14. The van der Waals surface area contributed by atoms with Crippen molar-refractivity contribution < 1.29 is 62.7 Å². The van der Waals surface area contributed by atoms with Crippen molar-refractivity contribution in [3.63, 3.8) is 0 Å². The van der Waals surface area contributed by atoms with Crippen molar-refractivity contribution in [1.29, 1.82) is 5.26 Å². The molecule has 0 spiro atoms. The van der Waals surface area contributed by atoms with Crippen LogP contribution in [0.5, 0.6) is 0 Å². The van der Waals surface area contributed by atoms with E-state index in [9.17, 15) is 0 Å². The predicted octanol–water partition coefficient (Wildman–Crippen LogP) is -2.34. The van der Waals surface area contributed by atoms with Gasteiger partial charge in [0, 0.05) is 5.76 Å². The first-order valence-corrected chi connectivity index (χ1v) is 2.08. The molecule has 1 aromatic rings. The van der Waals surface area contributed by atoms with Gasteiger partial charge in [-0.3, -0.25) is 0 Å². The van der Waals surface area contributed by atoms with Crippen LogP contribution in [0.15, 0.2) is 4.52 Å². The van der Waals surface area contributed by atoms with Crippen molar-refractivity contribution >= 4 is 0 Å². The number of aromatic nitrogens is 1. The fraction of sp³-hybridized carbons (Fsp3) is 0.200. The molecule has 4 heteroatoms. The summed E-state index contributed by atoms with van der Waals surface area (Å²) in [4.78, 5) is 0. The number of hydrogen-bond donors (Lipinski definition) is 0. The topological polar surface area (TPSA) is 49.8 Å². The number of aryl methyl sites for hydroxylation is 1. The quantitative estimate of drug-likeness (QED) is 0.433. The summed E-state index contributed by atoms with van der Waals surface area (Å²) in [7, 11) is 0. The number of nitriles is 1. The average Bonchev–Trinajstić information content (AvgIpc) is 2.14. The summed E-state index contributed by atoms with van der Waals surface area (Å²) in [5, 5.41) is 11.6. The van der Waals surface area contributed by atoms with Crippen LogP contribution < -0.4 is 58.2 Å². The van der Waals surface area contributed by atoms with E-state index < -0.39 is 0 Å². The van der Waals surface area contributed by atoms with E-state index in [2.05, 4.69) is 15.7 Å². The standard InChI is InChI=1S/C5H3N2O.Rb/c1-4-2-5(3-6)8-7-4;/h1H3;/q-1;+1. The van der Waals surface area contributed by atoms with Gasteiger partial charge < -0.3 is 9.78 Å². The summed E-state index contributed by atoms with van der Waals surface area (Å²) in [5.74, 6) is 0.141. The van der Waals surface area contributed by atoms with Crippen LogP contribution in [0.1, 0.15) is 11.5 Å². The smallest absolute Gasteiger partial charge is 0.389 e. The third kappa shape index (κ3) is 2.72. The summed E-state index contributed by atoms with van der Waals surface area (Å²) in [6, 6.07) is 4.35. The van der Waals surface area contributed by atoms with Gasteiger partial charge in [-0.05, 0) is 12.6 Å². The molecule has 9 heavy (non-hydrogen) atoms. The first-order valence-electron chi connectivity index (χ1n) is 2.08. The van der Waals surface area contributed by atoms with Gasteiger partial charge in [0.05, 0.1) is 0 Å². The Morgan fingerprint density at radius 1 is 1.78 bits per heavy atom. The first kappa shape index (κ1) is 9.51. The Balaban J connectivity index is 0.000000640. The van der Waals surface area contributed by atoms with E-state index in [0.717, 1.165) is 0 Å². The van der Waals surface area contributed by atoms with Crippen molar-refractivity contribution in [3.05, 3.63) is 17.5 Å². The molecule has 0 aliphatic heterocycles. The molecule has 0 radical (unpaired) electrons. The van der Waals surface area contributed by atoms with Crippen molar-refractivity contribution in [2.45, 2.75) is 6.92 Å². The molecule has 0 amide bonds. The van der Waals surface area contributed by atoms with Crippen LogP contribution >= 0.6 is 0 Å². The monoisotopic (exact) mass is 192 g/mol. The van der Waals surface area contributed by atoms with E-state index in [-0.39, 0.29) is 63.9 Å². The molecule has 0 saturated carbocycles. The summed E-state index contributed by atoms with van der Waals surface area (Å²) in [6.45, 7) is 1.71. The Morgan fingerprint density at radius 3 is 2.67 bits per heavy atom. The zero-order chi connectivity index (χ0) is 5.98. The minimum absolute atomic E-state index is 0. The van der Waals surface area contributed by atoms with Crippen LogP contribution in [-0.2, 0) is 0 Å².